The van der Waals surface area contributed by atoms with Crippen LogP contribution in [0.5, 0.6) is 11.5 Å². The summed E-state index contributed by atoms with van der Waals surface area (Å²) in [5.74, 6) is 0.0619. The Balaban J connectivity index is 1.40. The van der Waals surface area contributed by atoms with E-state index in [0.29, 0.717) is 55.5 Å². The van der Waals surface area contributed by atoms with E-state index < -0.39 is 5.97 Å². The SMILES string of the molecule is O=C(O)CCCN1CCOc2c(NC(=O)c3ccccc3OCCCc3ccccc3)cccc21. The summed E-state index contributed by atoms with van der Waals surface area (Å²) in [7, 11) is 0. The van der Waals surface area contributed by atoms with Crippen molar-refractivity contribution in [2.45, 2.75) is 25.7 Å². The predicted octanol–water partition coefficient (Wildman–Crippen LogP) is 5.01. The summed E-state index contributed by atoms with van der Waals surface area (Å²) in [4.78, 5) is 26.1. The number of carbonyl (C=O) groups is 2. The van der Waals surface area contributed by atoms with Crippen LogP contribution in [0.2, 0.25) is 0 Å². The summed E-state index contributed by atoms with van der Waals surface area (Å²) in [5.41, 5.74) is 3.14. The van der Waals surface area contributed by atoms with Crippen LogP contribution in [0, 0.1) is 0 Å². The number of nitrogens with zero attached hydrogens (tertiary/aromatic N) is 1. The molecule has 0 saturated carbocycles. The summed E-state index contributed by atoms with van der Waals surface area (Å²) < 4.78 is 11.9. The molecule has 35 heavy (non-hydrogen) atoms. The minimum absolute atomic E-state index is 0.116. The second-order valence-corrected chi connectivity index (χ2v) is 8.37. The number of fused-ring (bicyclic) bond motifs is 1. The van der Waals surface area contributed by atoms with Gasteiger partial charge in [-0.25, -0.2) is 0 Å². The second-order valence-electron chi connectivity index (χ2n) is 8.37. The number of nitrogens with one attached hydrogen (secondary N) is 1. The Kier molecular flexibility index (Phi) is 8.22. The maximum atomic E-state index is 13.2. The van der Waals surface area contributed by atoms with E-state index in [-0.39, 0.29) is 12.3 Å². The van der Waals surface area contributed by atoms with Gasteiger partial charge in [0.05, 0.1) is 30.1 Å². The highest BCUT2D eigenvalue weighted by Gasteiger charge is 2.22. The van der Waals surface area contributed by atoms with E-state index in [9.17, 15) is 9.59 Å². The van der Waals surface area contributed by atoms with Gasteiger partial charge in [0.2, 0.25) is 0 Å². The first-order valence-electron chi connectivity index (χ1n) is 11.9. The monoisotopic (exact) mass is 474 g/mol. The molecule has 182 valence electrons. The molecule has 0 spiro atoms. The number of anilines is 2. The zero-order chi connectivity index (χ0) is 24.5. The van der Waals surface area contributed by atoms with Gasteiger partial charge >= 0.3 is 5.97 Å². The number of rotatable bonds is 11. The van der Waals surface area contributed by atoms with Gasteiger partial charge in [0.1, 0.15) is 12.4 Å². The Bertz CT molecular complexity index is 1150. The van der Waals surface area contributed by atoms with E-state index >= 15 is 0 Å². The van der Waals surface area contributed by atoms with Gasteiger partial charge in [-0.05, 0) is 49.1 Å². The van der Waals surface area contributed by atoms with E-state index in [1.165, 1.54) is 5.56 Å². The zero-order valence-corrected chi connectivity index (χ0v) is 19.6. The van der Waals surface area contributed by atoms with Crippen LogP contribution in [-0.4, -0.2) is 43.3 Å². The molecular weight excluding hydrogens is 444 g/mol. The topological polar surface area (TPSA) is 88.1 Å². The minimum atomic E-state index is -0.805. The summed E-state index contributed by atoms with van der Waals surface area (Å²) in [6, 6.07) is 23.0. The van der Waals surface area contributed by atoms with E-state index in [2.05, 4.69) is 22.3 Å². The molecule has 2 N–H and O–H groups in total. The van der Waals surface area contributed by atoms with E-state index in [1.54, 1.807) is 18.2 Å². The molecule has 3 aromatic carbocycles. The molecule has 7 heteroatoms. The predicted molar refractivity (Wildman–Crippen MR) is 136 cm³/mol. The molecule has 0 fully saturated rings. The molecule has 0 unspecified atom stereocenters. The number of hydrogen-bond donors (Lipinski definition) is 2. The van der Waals surface area contributed by atoms with E-state index in [4.69, 9.17) is 14.6 Å². The van der Waals surface area contributed by atoms with Crippen LogP contribution in [0.4, 0.5) is 11.4 Å². The highest BCUT2D eigenvalue weighted by atomic mass is 16.5. The molecule has 4 rings (SSSR count). The minimum Gasteiger partial charge on any atom is -0.493 e. The number of amides is 1. The highest BCUT2D eigenvalue weighted by molar-refractivity contribution is 6.07. The average molecular weight is 475 g/mol. The number of benzene rings is 3. The largest absolute Gasteiger partial charge is 0.493 e. The van der Waals surface area contributed by atoms with Crippen LogP contribution in [0.25, 0.3) is 0 Å². The third-order valence-electron chi connectivity index (χ3n) is 5.85. The number of aryl methyl sites for hydroxylation is 1. The Morgan fingerprint density at radius 3 is 2.60 bits per heavy atom. The van der Waals surface area contributed by atoms with Crippen molar-refractivity contribution in [1.29, 1.82) is 0 Å². The summed E-state index contributed by atoms with van der Waals surface area (Å²) >= 11 is 0. The van der Waals surface area contributed by atoms with Gasteiger partial charge in [0.15, 0.2) is 5.75 Å². The van der Waals surface area contributed by atoms with Crippen molar-refractivity contribution < 1.29 is 24.2 Å². The summed E-state index contributed by atoms with van der Waals surface area (Å²) in [5, 5.41) is 11.9. The fourth-order valence-electron chi connectivity index (χ4n) is 4.13. The number of ether oxygens (including phenoxy) is 2. The number of aliphatic carboxylic acids is 1. The van der Waals surface area contributed by atoms with Gasteiger partial charge in [-0.2, -0.15) is 0 Å². The van der Waals surface area contributed by atoms with Gasteiger partial charge in [-0.1, -0.05) is 48.5 Å². The fraction of sp³-hybridized carbons (Fsp3) is 0.286. The highest BCUT2D eigenvalue weighted by Crippen LogP contribution is 2.39. The molecule has 0 aromatic heterocycles. The number of hydrogen-bond acceptors (Lipinski definition) is 5. The van der Waals surface area contributed by atoms with E-state index in [1.807, 2.05) is 42.5 Å². The van der Waals surface area contributed by atoms with Gasteiger partial charge in [-0.3, -0.25) is 9.59 Å². The van der Waals surface area contributed by atoms with Gasteiger partial charge in [-0.15, -0.1) is 0 Å². The van der Waals surface area contributed by atoms with Crippen molar-refractivity contribution in [3.05, 3.63) is 83.9 Å². The maximum Gasteiger partial charge on any atom is 0.303 e. The average Bonchev–Trinajstić information content (AvgIpc) is 2.88. The zero-order valence-electron chi connectivity index (χ0n) is 19.6. The van der Waals surface area contributed by atoms with Crippen molar-refractivity contribution in [3.63, 3.8) is 0 Å². The molecule has 7 nitrogen and oxygen atoms in total. The molecule has 1 amide bonds. The molecule has 0 atom stereocenters. The lowest BCUT2D eigenvalue weighted by Crippen LogP contribution is -2.34. The number of carboxylic acid groups (broad SMARTS) is 1. The second kappa shape index (κ2) is 11.9. The summed E-state index contributed by atoms with van der Waals surface area (Å²) in [6.07, 6.45) is 2.41. The lowest BCUT2D eigenvalue weighted by molar-refractivity contribution is -0.137. The lowest BCUT2D eigenvalue weighted by atomic mass is 10.1. The first-order valence-corrected chi connectivity index (χ1v) is 11.9. The number of carboxylic acids is 1. The lowest BCUT2D eigenvalue weighted by Gasteiger charge is -2.32. The molecular formula is C28H30N2O5. The third-order valence-corrected chi connectivity index (χ3v) is 5.85. The van der Waals surface area contributed by atoms with Gasteiger partial charge in [0, 0.05) is 13.0 Å². The van der Waals surface area contributed by atoms with Crippen molar-refractivity contribution in [2.24, 2.45) is 0 Å². The Morgan fingerprint density at radius 1 is 0.971 bits per heavy atom. The van der Waals surface area contributed by atoms with Crippen LogP contribution >= 0.6 is 0 Å². The Labute approximate surface area is 205 Å². The van der Waals surface area contributed by atoms with Gasteiger partial charge in [0.25, 0.3) is 5.91 Å². The Morgan fingerprint density at radius 2 is 1.77 bits per heavy atom. The molecule has 0 radical (unpaired) electrons. The normalized spacial score (nSPS) is 12.4. The molecule has 1 aliphatic heterocycles. The van der Waals surface area contributed by atoms with Gasteiger partial charge < -0.3 is 24.8 Å². The van der Waals surface area contributed by atoms with Crippen LogP contribution in [0.1, 0.15) is 35.2 Å². The quantitative estimate of drug-likeness (QED) is 0.380. The summed E-state index contributed by atoms with van der Waals surface area (Å²) in [6.45, 7) is 2.26. The van der Waals surface area contributed by atoms with Crippen LogP contribution in [0.3, 0.4) is 0 Å². The maximum absolute atomic E-state index is 13.2. The molecule has 3 aromatic rings. The smallest absolute Gasteiger partial charge is 0.303 e. The van der Waals surface area contributed by atoms with E-state index in [0.717, 1.165) is 18.5 Å². The molecule has 1 heterocycles. The van der Waals surface area contributed by atoms with Crippen molar-refractivity contribution in [2.75, 3.05) is 36.5 Å². The van der Waals surface area contributed by atoms with Crippen LogP contribution in [-0.2, 0) is 11.2 Å². The first-order chi connectivity index (χ1) is 17.1. The third kappa shape index (κ3) is 6.53. The molecule has 0 aliphatic carbocycles. The molecule has 1 aliphatic rings. The number of carbonyl (C=O) groups excluding carboxylic acids is 1. The molecule has 0 saturated heterocycles. The van der Waals surface area contributed by atoms with Crippen LogP contribution in [0.15, 0.2) is 72.8 Å². The number of para-hydroxylation sites is 2. The fourth-order valence-corrected chi connectivity index (χ4v) is 4.13. The Hall–Kier alpha value is -4.00. The van der Waals surface area contributed by atoms with Crippen LogP contribution < -0.4 is 19.7 Å². The molecule has 0 bridgehead atoms. The first kappa shape index (κ1) is 24.1. The van der Waals surface area contributed by atoms with Crippen molar-refractivity contribution in [3.8, 4) is 11.5 Å². The van der Waals surface area contributed by atoms with Crippen molar-refractivity contribution >= 4 is 23.3 Å². The standard InChI is InChI=1S/C28H30N2O5/c31-26(32)16-7-17-30-18-20-35-27-23(13-6-14-24(27)30)29-28(33)22-12-4-5-15-25(22)34-19-8-11-21-9-2-1-3-10-21/h1-6,9-10,12-15H,7-8,11,16-20H2,(H,29,33)(H,31,32). The van der Waals surface area contributed by atoms with Crippen molar-refractivity contribution in [1.82, 2.24) is 0 Å².